The lowest BCUT2D eigenvalue weighted by Crippen LogP contribution is -2.28. The van der Waals surface area contributed by atoms with Gasteiger partial charge in [0.25, 0.3) is 5.91 Å². The Kier molecular flexibility index (Phi) is 5.95. The van der Waals surface area contributed by atoms with Crippen molar-refractivity contribution in [3.8, 4) is 11.3 Å². The summed E-state index contributed by atoms with van der Waals surface area (Å²) in [6.45, 7) is 2.07. The second kappa shape index (κ2) is 8.81. The molecule has 7 heteroatoms. The van der Waals surface area contributed by atoms with Gasteiger partial charge in [-0.05, 0) is 48.9 Å². The molecule has 1 N–H and O–H groups in total. The Hall–Kier alpha value is -3.32. The van der Waals surface area contributed by atoms with Crippen molar-refractivity contribution < 1.29 is 14.4 Å². The van der Waals surface area contributed by atoms with E-state index < -0.39 is 0 Å². The monoisotopic (exact) mass is 477 g/mol. The molecule has 0 spiro atoms. The third kappa shape index (κ3) is 4.72. The smallest absolute Gasteiger partial charge is 0.257 e. The number of likely N-dealkylation sites (tertiary alicyclic amines) is 1. The minimum atomic E-state index is -0.247. The van der Waals surface area contributed by atoms with E-state index in [1.165, 1.54) is 4.90 Å². The number of aromatic nitrogens is 1. The molecule has 0 bridgehead atoms. The summed E-state index contributed by atoms with van der Waals surface area (Å²) in [6.07, 6.45) is 0.557. The number of rotatable bonds is 5. The van der Waals surface area contributed by atoms with Gasteiger partial charge in [-0.3, -0.25) is 24.3 Å². The summed E-state index contributed by atoms with van der Waals surface area (Å²) in [6, 6.07) is 18.6. The van der Waals surface area contributed by atoms with Crippen LogP contribution in [0.15, 0.2) is 65.1 Å². The van der Waals surface area contributed by atoms with Crippen molar-refractivity contribution in [2.24, 2.45) is 0 Å². The fourth-order valence-corrected chi connectivity index (χ4v) is 3.88. The van der Waals surface area contributed by atoms with Gasteiger partial charge in [-0.1, -0.05) is 40.2 Å². The summed E-state index contributed by atoms with van der Waals surface area (Å²) >= 11 is 3.46. The molecule has 156 valence electrons. The van der Waals surface area contributed by atoms with Gasteiger partial charge in [0, 0.05) is 28.6 Å². The number of hydrogen-bond donors (Lipinski definition) is 1. The molecule has 0 saturated carbocycles. The molecular formula is C24H20BrN3O3. The van der Waals surface area contributed by atoms with Gasteiger partial charge in [0.1, 0.15) is 0 Å². The number of carbonyl (C=O) groups is 3. The number of amides is 3. The van der Waals surface area contributed by atoms with E-state index in [4.69, 9.17) is 0 Å². The number of benzene rings is 2. The summed E-state index contributed by atoms with van der Waals surface area (Å²) < 4.78 is 0.966. The number of imide groups is 1. The molecule has 3 amide bonds. The zero-order chi connectivity index (χ0) is 22.0. The van der Waals surface area contributed by atoms with Gasteiger partial charge in [0.2, 0.25) is 11.8 Å². The number of hydrogen-bond acceptors (Lipinski definition) is 4. The average Bonchev–Trinajstić information content (AvgIpc) is 3.07. The SMILES string of the molecule is Cc1nc(-c2cccc(Br)c2)ccc1C(=O)Nc1ccc(CN2C(=O)CCC2=O)cc1. The summed E-state index contributed by atoms with van der Waals surface area (Å²) in [5.74, 6) is -0.531. The van der Waals surface area contributed by atoms with Crippen LogP contribution >= 0.6 is 15.9 Å². The highest BCUT2D eigenvalue weighted by molar-refractivity contribution is 9.10. The van der Waals surface area contributed by atoms with Crippen LogP contribution in [-0.2, 0) is 16.1 Å². The molecule has 0 radical (unpaired) electrons. The molecule has 0 atom stereocenters. The maximum Gasteiger partial charge on any atom is 0.257 e. The van der Waals surface area contributed by atoms with E-state index in [1.807, 2.05) is 37.3 Å². The molecule has 4 rings (SSSR count). The lowest BCUT2D eigenvalue weighted by molar-refractivity contribution is -0.139. The van der Waals surface area contributed by atoms with Crippen molar-refractivity contribution in [3.63, 3.8) is 0 Å². The second-order valence-corrected chi connectivity index (χ2v) is 8.28. The molecule has 3 aromatic rings. The van der Waals surface area contributed by atoms with Crippen LogP contribution in [0.1, 0.15) is 34.5 Å². The highest BCUT2D eigenvalue weighted by atomic mass is 79.9. The topological polar surface area (TPSA) is 79.4 Å². The summed E-state index contributed by atoms with van der Waals surface area (Å²) in [7, 11) is 0. The Labute approximate surface area is 188 Å². The van der Waals surface area contributed by atoms with E-state index in [1.54, 1.807) is 30.3 Å². The van der Waals surface area contributed by atoms with Gasteiger partial charge in [-0.15, -0.1) is 0 Å². The molecule has 31 heavy (non-hydrogen) atoms. The molecule has 0 unspecified atom stereocenters. The van der Waals surface area contributed by atoms with Gasteiger partial charge in [0.05, 0.1) is 23.5 Å². The molecule has 1 aromatic heterocycles. The predicted octanol–water partition coefficient (Wildman–Crippen LogP) is 4.72. The zero-order valence-electron chi connectivity index (χ0n) is 16.9. The van der Waals surface area contributed by atoms with Crippen LogP contribution in [0.3, 0.4) is 0 Å². The number of aryl methyl sites for hydroxylation is 1. The normalized spacial score (nSPS) is 13.5. The van der Waals surface area contributed by atoms with Crippen LogP contribution in [0.25, 0.3) is 11.3 Å². The number of nitrogens with one attached hydrogen (secondary N) is 1. The van der Waals surface area contributed by atoms with Crippen molar-refractivity contribution in [3.05, 3.63) is 82.0 Å². The van der Waals surface area contributed by atoms with E-state index >= 15 is 0 Å². The van der Waals surface area contributed by atoms with Crippen molar-refractivity contribution in [2.75, 3.05) is 5.32 Å². The summed E-state index contributed by atoms with van der Waals surface area (Å²) in [4.78, 5) is 42.1. The highest BCUT2D eigenvalue weighted by Crippen LogP contribution is 2.23. The summed E-state index contributed by atoms with van der Waals surface area (Å²) in [5, 5.41) is 2.87. The molecule has 2 heterocycles. The lowest BCUT2D eigenvalue weighted by atomic mass is 10.1. The molecule has 1 fully saturated rings. The third-order valence-corrected chi connectivity index (χ3v) is 5.65. The number of carbonyl (C=O) groups excluding carboxylic acids is 3. The third-order valence-electron chi connectivity index (χ3n) is 5.16. The van der Waals surface area contributed by atoms with E-state index in [9.17, 15) is 14.4 Å². The fourth-order valence-electron chi connectivity index (χ4n) is 3.48. The van der Waals surface area contributed by atoms with E-state index in [2.05, 4.69) is 26.2 Å². The minimum absolute atomic E-state index is 0.142. The van der Waals surface area contributed by atoms with Crippen molar-refractivity contribution in [2.45, 2.75) is 26.3 Å². The first-order valence-corrected chi connectivity index (χ1v) is 10.7. The fraction of sp³-hybridized carbons (Fsp3) is 0.167. The Bertz CT molecular complexity index is 1160. The molecule has 6 nitrogen and oxygen atoms in total. The quantitative estimate of drug-likeness (QED) is 0.539. The lowest BCUT2D eigenvalue weighted by Gasteiger charge is -2.14. The van der Waals surface area contributed by atoms with Gasteiger partial charge >= 0.3 is 0 Å². The number of anilines is 1. The maximum atomic E-state index is 12.7. The largest absolute Gasteiger partial charge is 0.322 e. The van der Waals surface area contributed by atoms with Crippen LogP contribution in [0, 0.1) is 6.92 Å². The van der Waals surface area contributed by atoms with Crippen LogP contribution in [-0.4, -0.2) is 27.6 Å². The van der Waals surface area contributed by atoms with Crippen molar-refractivity contribution >= 4 is 39.3 Å². The molecule has 0 aliphatic carbocycles. The zero-order valence-corrected chi connectivity index (χ0v) is 18.5. The van der Waals surface area contributed by atoms with E-state index in [-0.39, 0.29) is 37.1 Å². The Morgan fingerprint density at radius 3 is 2.39 bits per heavy atom. The van der Waals surface area contributed by atoms with Gasteiger partial charge in [-0.25, -0.2) is 0 Å². The minimum Gasteiger partial charge on any atom is -0.322 e. The number of pyridine rings is 1. The van der Waals surface area contributed by atoms with Crippen LogP contribution < -0.4 is 5.32 Å². The standard InChI is InChI=1S/C24H20BrN3O3/c1-15-20(9-10-21(26-15)17-3-2-4-18(25)13-17)24(31)27-19-7-5-16(6-8-19)14-28-22(29)11-12-23(28)30/h2-10,13H,11-12,14H2,1H3,(H,27,31). The number of nitrogens with zero attached hydrogens (tertiary/aromatic N) is 2. The predicted molar refractivity (Wildman–Crippen MR) is 121 cm³/mol. The molecule has 2 aromatic carbocycles. The van der Waals surface area contributed by atoms with Gasteiger partial charge in [-0.2, -0.15) is 0 Å². The highest BCUT2D eigenvalue weighted by Gasteiger charge is 2.28. The Morgan fingerprint density at radius 2 is 1.74 bits per heavy atom. The van der Waals surface area contributed by atoms with Crippen LogP contribution in [0.5, 0.6) is 0 Å². The van der Waals surface area contributed by atoms with E-state index in [0.717, 1.165) is 21.3 Å². The first-order valence-electron chi connectivity index (χ1n) is 9.88. The first kappa shape index (κ1) is 20.9. The average molecular weight is 478 g/mol. The van der Waals surface area contributed by atoms with Gasteiger partial charge in [0.15, 0.2) is 0 Å². The van der Waals surface area contributed by atoms with Crippen LogP contribution in [0.4, 0.5) is 5.69 Å². The Balaban J connectivity index is 1.44. The van der Waals surface area contributed by atoms with E-state index in [0.29, 0.717) is 16.9 Å². The molecular weight excluding hydrogens is 458 g/mol. The van der Waals surface area contributed by atoms with Crippen LogP contribution in [0.2, 0.25) is 0 Å². The molecule has 1 aliphatic rings. The first-order chi connectivity index (χ1) is 14.9. The maximum absolute atomic E-state index is 12.7. The van der Waals surface area contributed by atoms with Crippen molar-refractivity contribution in [1.29, 1.82) is 0 Å². The number of halogens is 1. The molecule has 1 saturated heterocycles. The van der Waals surface area contributed by atoms with Gasteiger partial charge < -0.3 is 5.32 Å². The van der Waals surface area contributed by atoms with Crippen molar-refractivity contribution in [1.82, 2.24) is 9.88 Å². The summed E-state index contributed by atoms with van der Waals surface area (Å²) in [5.41, 5.74) is 4.36. The Morgan fingerprint density at radius 1 is 1.03 bits per heavy atom. The second-order valence-electron chi connectivity index (χ2n) is 7.36. The molecule has 1 aliphatic heterocycles.